The number of likely N-dealkylation sites (N-methyl/N-ethyl adjacent to an activating group) is 1. The monoisotopic (exact) mass is 379 g/mol. The fraction of sp³-hybridized carbons (Fsp3) is 0.526. The Hall–Kier alpha value is -2.61. The maximum atomic E-state index is 13.1. The van der Waals surface area contributed by atoms with Gasteiger partial charge in [0.1, 0.15) is 6.04 Å². The second-order valence-electron chi connectivity index (χ2n) is 7.69. The second kappa shape index (κ2) is 9.36. The van der Waals surface area contributed by atoms with E-state index in [4.69, 9.17) is 9.94 Å². The van der Waals surface area contributed by atoms with Crippen LogP contribution >= 0.6 is 0 Å². The molecule has 27 heavy (non-hydrogen) atoms. The zero-order valence-corrected chi connectivity index (χ0v) is 16.6. The zero-order valence-electron chi connectivity index (χ0n) is 16.6. The van der Waals surface area contributed by atoms with Crippen molar-refractivity contribution in [1.82, 2.24) is 15.7 Å². The first-order valence-electron chi connectivity index (χ1n) is 8.72. The third kappa shape index (κ3) is 6.56. The van der Waals surface area contributed by atoms with Gasteiger partial charge in [-0.3, -0.25) is 14.8 Å². The molecule has 0 bridgehead atoms. The van der Waals surface area contributed by atoms with Gasteiger partial charge < -0.3 is 15.0 Å². The number of hydroxylamine groups is 1. The van der Waals surface area contributed by atoms with Crippen LogP contribution in [0, 0.1) is 5.92 Å². The Balaban J connectivity index is 3.16. The molecule has 3 N–H and O–H groups in total. The first kappa shape index (κ1) is 22.4. The van der Waals surface area contributed by atoms with Crippen molar-refractivity contribution in [2.75, 3.05) is 7.05 Å². The highest BCUT2D eigenvalue weighted by molar-refractivity contribution is 5.90. The number of carbonyl (C=O) groups excluding carboxylic acids is 3. The number of nitrogens with zero attached hydrogens (tertiary/aromatic N) is 1. The molecule has 1 rings (SSSR count). The van der Waals surface area contributed by atoms with Gasteiger partial charge in [0.2, 0.25) is 6.10 Å². The van der Waals surface area contributed by atoms with E-state index in [9.17, 15) is 14.4 Å². The van der Waals surface area contributed by atoms with Crippen LogP contribution in [0.3, 0.4) is 0 Å². The van der Waals surface area contributed by atoms with E-state index in [2.05, 4.69) is 5.32 Å². The van der Waals surface area contributed by atoms with Gasteiger partial charge in [-0.1, -0.05) is 44.2 Å². The summed E-state index contributed by atoms with van der Waals surface area (Å²) in [7, 11) is 1.43. The van der Waals surface area contributed by atoms with E-state index in [1.807, 2.05) is 0 Å². The molecular formula is C19H29N3O5. The number of nitrogens with one attached hydrogen (secondary N) is 2. The van der Waals surface area contributed by atoms with Crippen LogP contribution in [0.5, 0.6) is 0 Å². The van der Waals surface area contributed by atoms with Gasteiger partial charge in [-0.25, -0.2) is 10.3 Å². The van der Waals surface area contributed by atoms with Crippen LogP contribution in [0.4, 0.5) is 4.79 Å². The Kier molecular flexibility index (Phi) is 7.78. The predicted molar refractivity (Wildman–Crippen MR) is 99.9 cm³/mol. The molecule has 0 aliphatic carbocycles. The maximum absolute atomic E-state index is 13.1. The summed E-state index contributed by atoms with van der Waals surface area (Å²) in [6.07, 6.45) is -1.97. The van der Waals surface area contributed by atoms with Crippen molar-refractivity contribution >= 4 is 17.9 Å². The normalized spacial score (nSPS) is 13.5. The fourth-order valence-electron chi connectivity index (χ4n) is 2.65. The highest BCUT2D eigenvalue weighted by atomic mass is 16.6. The van der Waals surface area contributed by atoms with Gasteiger partial charge in [-0.15, -0.1) is 0 Å². The Labute approximate surface area is 159 Å². The van der Waals surface area contributed by atoms with E-state index in [1.54, 1.807) is 70.4 Å². The quantitative estimate of drug-likeness (QED) is 0.519. The smallest absolute Gasteiger partial charge is 0.408 e. The summed E-state index contributed by atoms with van der Waals surface area (Å²) >= 11 is 0. The van der Waals surface area contributed by atoms with Gasteiger partial charge in [-0.05, 0) is 26.7 Å². The Bertz CT molecular complexity index is 655. The van der Waals surface area contributed by atoms with E-state index in [0.29, 0.717) is 5.56 Å². The van der Waals surface area contributed by atoms with Gasteiger partial charge in [0, 0.05) is 18.2 Å². The van der Waals surface area contributed by atoms with Crippen LogP contribution in [0.2, 0.25) is 0 Å². The van der Waals surface area contributed by atoms with E-state index in [1.165, 1.54) is 11.9 Å². The zero-order chi connectivity index (χ0) is 20.8. The lowest BCUT2D eigenvalue weighted by atomic mass is 10.0. The number of ether oxygens (including phenoxy) is 1. The van der Waals surface area contributed by atoms with Crippen molar-refractivity contribution < 1.29 is 24.3 Å². The molecule has 0 aromatic heterocycles. The molecule has 8 heteroatoms. The summed E-state index contributed by atoms with van der Waals surface area (Å²) in [5.74, 6) is -1.56. The first-order valence-corrected chi connectivity index (χ1v) is 8.72. The summed E-state index contributed by atoms with van der Waals surface area (Å²) in [4.78, 5) is 38.5. The van der Waals surface area contributed by atoms with Crippen molar-refractivity contribution in [1.29, 1.82) is 0 Å². The van der Waals surface area contributed by atoms with Gasteiger partial charge in [0.15, 0.2) is 0 Å². The van der Waals surface area contributed by atoms with Crippen molar-refractivity contribution in [3.8, 4) is 0 Å². The SMILES string of the molecule is CC(C)C(C(=O)NO)N(C)C(=O)C(OC(=O)NC(C)(C)C)c1ccccc1. The van der Waals surface area contributed by atoms with E-state index < -0.39 is 35.6 Å². The average molecular weight is 379 g/mol. The first-order chi connectivity index (χ1) is 12.5. The molecule has 3 amide bonds. The molecule has 0 aliphatic rings. The molecule has 1 aromatic carbocycles. The third-order valence-electron chi connectivity index (χ3n) is 3.80. The molecule has 0 spiro atoms. The van der Waals surface area contributed by atoms with Gasteiger partial charge in [0.25, 0.3) is 11.8 Å². The van der Waals surface area contributed by atoms with E-state index in [-0.39, 0.29) is 5.92 Å². The molecule has 8 nitrogen and oxygen atoms in total. The Morgan fingerprint density at radius 3 is 2.11 bits per heavy atom. The van der Waals surface area contributed by atoms with Crippen LogP contribution < -0.4 is 10.8 Å². The molecule has 150 valence electrons. The van der Waals surface area contributed by atoms with Crippen molar-refractivity contribution in [2.24, 2.45) is 5.92 Å². The summed E-state index contributed by atoms with van der Waals surface area (Å²) in [6.45, 7) is 8.86. The van der Waals surface area contributed by atoms with Crippen LogP contribution in [0.15, 0.2) is 30.3 Å². The maximum Gasteiger partial charge on any atom is 0.408 e. The average Bonchev–Trinajstić information content (AvgIpc) is 2.57. The largest absolute Gasteiger partial charge is 0.431 e. The van der Waals surface area contributed by atoms with Crippen molar-refractivity contribution in [3.05, 3.63) is 35.9 Å². The minimum atomic E-state index is -1.23. The Morgan fingerprint density at radius 2 is 1.67 bits per heavy atom. The number of carbonyl (C=O) groups is 3. The highest BCUT2D eigenvalue weighted by Crippen LogP contribution is 2.23. The molecule has 0 aliphatic heterocycles. The fourth-order valence-corrected chi connectivity index (χ4v) is 2.65. The van der Waals surface area contributed by atoms with Crippen molar-refractivity contribution in [2.45, 2.75) is 52.3 Å². The topological polar surface area (TPSA) is 108 Å². The molecule has 0 fully saturated rings. The van der Waals surface area contributed by atoms with Gasteiger partial charge in [0.05, 0.1) is 0 Å². The molecular weight excluding hydrogens is 350 g/mol. The number of alkyl carbamates (subject to hydrolysis) is 1. The molecule has 0 saturated heterocycles. The third-order valence-corrected chi connectivity index (χ3v) is 3.80. The van der Waals surface area contributed by atoms with Crippen LogP contribution in [0.25, 0.3) is 0 Å². The van der Waals surface area contributed by atoms with Crippen molar-refractivity contribution in [3.63, 3.8) is 0 Å². The van der Waals surface area contributed by atoms with Crippen LogP contribution in [-0.2, 0) is 14.3 Å². The Morgan fingerprint density at radius 1 is 1.11 bits per heavy atom. The van der Waals surface area contributed by atoms with Crippen LogP contribution in [-0.4, -0.2) is 46.6 Å². The predicted octanol–water partition coefficient (Wildman–Crippen LogP) is 2.24. The lowest BCUT2D eigenvalue weighted by Gasteiger charge is -2.32. The summed E-state index contributed by atoms with van der Waals surface area (Å²) in [5.41, 5.74) is 1.52. The number of rotatable bonds is 6. The van der Waals surface area contributed by atoms with E-state index >= 15 is 0 Å². The summed E-state index contributed by atoms with van der Waals surface area (Å²) in [5, 5.41) is 11.6. The second-order valence-corrected chi connectivity index (χ2v) is 7.69. The molecule has 0 heterocycles. The lowest BCUT2D eigenvalue weighted by Crippen LogP contribution is -2.52. The molecule has 2 atom stereocenters. The number of hydrogen-bond acceptors (Lipinski definition) is 5. The summed E-state index contributed by atoms with van der Waals surface area (Å²) < 4.78 is 5.40. The summed E-state index contributed by atoms with van der Waals surface area (Å²) in [6, 6.07) is 7.62. The van der Waals surface area contributed by atoms with Gasteiger partial charge in [-0.2, -0.15) is 0 Å². The molecule has 0 saturated carbocycles. The lowest BCUT2D eigenvalue weighted by molar-refractivity contribution is -0.150. The molecule has 0 radical (unpaired) electrons. The van der Waals surface area contributed by atoms with E-state index in [0.717, 1.165) is 0 Å². The minimum Gasteiger partial charge on any atom is -0.431 e. The molecule has 1 aromatic rings. The standard InChI is InChI=1S/C19H29N3O5/c1-12(2)14(16(23)21-26)22(6)17(24)15(13-10-8-7-9-11-13)27-18(25)20-19(3,4)5/h7-12,14-15,26H,1-6H3,(H,20,25)(H,21,23). The number of hydrogen-bond donors (Lipinski definition) is 3. The minimum absolute atomic E-state index is 0.272. The van der Waals surface area contributed by atoms with Gasteiger partial charge >= 0.3 is 6.09 Å². The van der Waals surface area contributed by atoms with Crippen LogP contribution in [0.1, 0.15) is 46.3 Å². The number of amides is 3. The number of benzene rings is 1. The highest BCUT2D eigenvalue weighted by Gasteiger charge is 2.36. The molecule has 2 unspecified atom stereocenters.